The Balaban J connectivity index is 1.60. The van der Waals surface area contributed by atoms with Crippen molar-refractivity contribution in [3.63, 3.8) is 0 Å². The molecule has 120 valence electrons. The standard InChI is InChI=1S/C18H20N2O3/c1-12-10-17(23-19-12)15-5-2-8-20(15)18(21)14-6-7-16-13(11-14)4-3-9-22-16/h6-7,10-11,15H,2-5,8-9H2,1H3/t15-/m0/s1. The van der Waals surface area contributed by atoms with Gasteiger partial charge in [0.2, 0.25) is 0 Å². The molecule has 0 saturated carbocycles. The second kappa shape index (κ2) is 5.72. The highest BCUT2D eigenvalue weighted by molar-refractivity contribution is 5.95. The summed E-state index contributed by atoms with van der Waals surface area (Å²) in [5.74, 6) is 1.77. The monoisotopic (exact) mass is 312 g/mol. The van der Waals surface area contributed by atoms with Crippen LogP contribution in [0.3, 0.4) is 0 Å². The van der Waals surface area contributed by atoms with Crippen LogP contribution in [0.5, 0.6) is 5.75 Å². The highest BCUT2D eigenvalue weighted by Crippen LogP contribution is 2.34. The van der Waals surface area contributed by atoms with Gasteiger partial charge in [0, 0.05) is 18.2 Å². The maximum Gasteiger partial charge on any atom is 0.254 e. The fourth-order valence-corrected chi connectivity index (χ4v) is 3.51. The van der Waals surface area contributed by atoms with Crippen LogP contribution in [0, 0.1) is 6.92 Å². The third-order valence-corrected chi connectivity index (χ3v) is 4.64. The van der Waals surface area contributed by atoms with Crippen molar-refractivity contribution in [1.82, 2.24) is 10.1 Å². The van der Waals surface area contributed by atoms with Crippen molar-refractivity contribution >= 4 is 5.91 Å². The van der Waals surface area contributed by atoms with Crippen LogP contribution in [0.25, 0.3) is 0 Å². The van der Waals surface area contributed by atoms with E-state index >= 15 is 0 Å². The van der Waals surface area contributed by atoms with Gasteiger partial charge in [0.05, 0.1) is 18.3 Å². The summed E-state index contributed by atoms with van der Waals surface area (Å²) in [4.78, 5) is 14.9. The number of ether oxygens (including phenoxy) is 1. The number of carbonyl (C=O) groups is 1. The zero-order chi connectivity index (χ0) is 15.8. The number of aryl methyl sites for hydroxylation is 2. The van der Waals surface area contributed by atoms with E-state index in [9.17, 15) is 4.79 Å². The van der Waals surface area contributed by atoms with Crippen molar-refractivity contribution in [3.05, 3.63) is 46.8 Å². The number of rotatable bonds is 2. The van der Waals surface area contributed by atoms with Gasteiger partial charge in [0.15, 0.2) is 5.76 Å². The third kappa shape index (κ3) is 2.60. The minimum absolute atomic E-state index is 0.00372. The molecule has 2 aromatic rings. The quantitative estimate of drug-likeness (QED) is 0.854. The minimum Gasteiger partial charge on any atom is -0.493 e. The number of amides is 1. The van der Waals surface area contributed by atoms with Gasteiger partial charge in [0.25, 0.3) is 5.91 Å². The number of likely N-dealkylation sites (tertiary alicyclic amines) is 1. The first-order valence-electron chi connectivity index (χ1n) is 8.22. The Morgan fingerprint density at radius 1 is 1.30 bits per heavy atom. The fraction of sp³-hybridized carbons (Fsp3) is 0.444. The van der Waals surface area contributed by atoms with E-state index in [0.717, 1.165) is 67.2 Å². The van der Waals surface area contributed by atoms with Gasteiger partial charge in [0.1, 0.15) is 5.75 Å². The molecule has 2 aliphatic rings. The SMILES string of the molecule is Cc1cc([C@@H]2CCCN2C(=O)c2ccc3c(c2)CCCO3)on1. The summed E-state index contributed by atoms with van der Waals surface area (Å²) in [6, 6.07) is 7.70. The lowest BCUT2D eigenvalue weighted by Crippen LogP contribution is -2.30. The van der Waals surface area contributed by atoms with Crippen LogP contribution < -0.4 is 4.74 Å². The molecule has 3 heterocycles. The number of nitrogens with zero attached hydrogens (tertiary/aromatic N) is 2. The lowest BCUT2D eigenvalue weighted by atomic mass is 10.0. The average Bonchev–Trinajstić information content (AvgIpc) is 3.22. The zero-order valence-electron chi connectivity index (χ0n) is 13.2. The molecule has 0 N–H and O–H groups in total. The van der Waals surface area contributed by atoms with E-state index in [-0.39, 0.29) is 11.9 Å². The third-order valence-electron chi connectivity index (χ3n) is 4.64. The number of hydrogen-bond donors (Lipinski definition) is 0. The maximum atomic E-state index is 12.9. The van der Waals surface area contributed by atoms with Crippen LogP contribution in [0.1, 0.15) is 52.7 Å². The summed E-state index contributed by atoms with van der Waals surface area (Å²) >= 11 is 0. The molecule has 23 heavy (non-hydrogen) atoms. The van der Waals surface area contributed by atoms with Gasteiger partial charge in [-0.1, -0.05) is 5.16 Å². The molecule has 1 aromatic heterocycles. The molecule has 1 atom stereocenters. The number of hydrogen-bond acceptors (Lipinski definition) is 4. The Bertz CT molecular complexity index is 738. The van der Waals surface area contributed by atoms with Crippen LogP contribution in [0.4, 0.5) is 0 Å². The van der Waals surface area contributed by atoms with Gasteiger partial charge < -0.3 is 14.2 Å². The van der Waals surface area contributed by atoms with E-state index in [1.54, 1.807) is 0 Å². The summed E-state index contributed by atoms with van der Waals surface area (Å²) in [5.41, 5.74) is 2.72. The van der Waals surface area contributed by atoms with Gasteiger partial charge in [-0.3, -0.25) is 4.79 Å². The molecule has 0 unspecified atom stereocenters. The summed E-state index contributed by atoms with van der Waals surface area (Å²) in [5, 5.41) is 3.96. The predicted molar refractivity (Wildman–Crippen MR) is 84.5 cm³/mol. The Kier molecular flexibility index (Phi) is 3.56. The molecule has 1 aromatic carbocycles. The smallest absolute Gasteiger partial charge is 0.254 e. The van der Waals surface area contributed by atoms with E-state index in [4.69, 9.17) is 9.26 Å². The van der Waals surface area contributed by atoms with Gasteiger partial charge in [-0.2, -0.15) is 0 Å². The topological polar surface area (TPSA) is 55.6 Å². The number of benzene rings is 1. The van der Waals surface area contributed by atoms with Crippen LogP contribution >= 0.6 is 0 Å². The highest BCUT2D eigenvalue weighted by Gasteiger charge is 2.33. The normalized spacial score (nSPS) is 20.2. The lowest BCUT2D eigenvalue weighted by molar-refractivity contribution is 0.0714. The van der Waals surface area contributed by atoms with Crippen LogP contribution in [0.15, 0.2) is 28.8 Å². The first-order valence-corrected chi connectivity index (χ1v) is 8.22. The van der Waals surface area contributed by atoms with Crippen LogP contribution in [-0.2, 0) is 6.42 Å². The second-order valence-corrected chi connectivity index (χ2v) is 6.30. The summed E-state index contributed by atoms with van der Waals surface area (Å²) < 4.78 is 11.0. The average molecular weight is 312 g/mol. The first-order chi connectivity index (χ1) is 11.2. The zero-order valence-corrected chi connectivity index (χ0v) is 13.2. The van der Waals surface area contributed by atoms with E-state index in [1.165, 1.54) is 0 Å². The Morgan fingerprint density at radius 2 is 2.22 bits per heavy atom. The van der Waals surface area contributed by atoms with Crippen molar-refractivity contribution in [3.8, 4) is 5.75 Å². The number of carbonyl (C=O) groups excluding carboxylic acids is 1. The molecule has 2 aliphatic heterocycles. The van der Waals surface area contributed by atoms with Crippen molar-refractivity contribution in [1.29, 1.82) is 0 Å². The van der Waals surface area contributed by atoms with Gasteiger partial charge >= 0.3 is 0 Å². The largest absolute Gasteiger partial charge is 0.493 e. The molecule has 0 aliphatic carbocycles. The first kappa shape index (κ1) is 14.3. The van der Waals surface area contributed by atoms with Gasteiger partial charge in [-0.05, 0) is 56.4 Å². The van der Waals surface area contributed by atoms with E-state index < -0.39 is 0 Å². The van der Waals surface area contributed by atoms with E-state index in [2.05, 4.69) is 5.16 Å². The Labute approximate surface area is 135 Å². The summed E-state index contributed by atoms with van der Waals surface area (Å²) in [6.45, 7) is 3.42. The van der Waals surface area contributed by atoms with Crippen LogP contribution in [-0.4, -0.2) is 29.1 Å². The summed E-state index contributed by atoms with van der Waals surface area (Å²) in [6.07, 6.45) is 3.90. The Morgan fingerprint density at radius 3 is 3.04 bits per heavy atom. The molecule has 4 rings (SSSR count). The fourth-order valence-electron chi connectivity index (χ4n) is 3.51. The minimum atomic E-state index is -0.00372. The lowest BCUT2D eigenvalue weighted by Gasteiger charge is -2.24. The van der Waals surface area contributed by atoms with Gasteiger partial charge in [-0.25, -0.2) is 0 Å². The highest BCUT2D eigenvalue weighted by atomic mass is 16.5. The van der Waals surface area contributed by atoms with Crippen molar-refractivity contribution < 1.29 is 14.1 Å². The predicted octanol–water partition coefficient (Wildman–Crippen LogP) is 3.29. The molecule has 1 fully saturated rings. The van der Waals surface area contributed by atoms with Gasteiger partial charge in [-0.15, -0.1) is 0 Å². The Hall–Kier alpha value is -2.30. The van der Waals surface area contributed by atoms with Crippen LogP contribution in [0.2, 0.25) is 0 Å². The molecule has 5 nitrogen and oxygen atoms in total. The molecule has 0 spiro atoms. The second-order valence-electron chi connectivity index (χ2n) is 6.30. The molecule has 1 amide bonds. The molecule has 0 bridgehead atoms. The van der Waals surface area contributed by atoms with Crippen molar-refractivity contribution in [2.45, 2.75) is 38.6 Å². The van der Waals surface area contributed by atoms with Crippen molar-refractivity contribution in [2.75, 3.05) is 13.2 Å². The van der Waals surface area contributed by atoms with Crippen molar-refractivity contribution in [2.24, 2.45) is 0 Å². The van der Waals surface area contributed by atoms with E-state index in [0.29, 0.717) is 0 Å². The number of fused-ring (bicyclic) bond motifs is 1. The molecule has 0 radical (unpaired) electrons. The summed E-state index contributed by atoms with van der Waals surface area (Å²) in [7, 11) is 0. The molecular weight excluding hydrogens is 292 g/mol. The molecule has 1 saturated heterocycles. The molecule has 5 heteroatoms. The maximum absolute atomic E-state index is 12.9. The number of aromatic nitrogens is 1. The molecular formula is C18H20N2O3. The van der Waals surface area contributed by atoms with E-state index in [1.807, 2.05) is 36.1 Å².